The molecule has 0 aliphatic carbocycles. The molecular formula is C13H16ClNO3. The van der Waals surface area contributed by atoms with E-state index in [1.165, 1.54) is 6.07 Å². The number of carboxylic acid groups (broad SMARTS) is 1. The standard InChI is InChI=1S/C13H16ClNO3/c1-8-9(4-5-18-8)7-15-12-6-10(14)2-3-11(12)13(16)17/h2-3,6,8-9,15H,4-5,7H2,1H3,(H,16,17). The van der Waals surface area contributed by atoms with Gasteiger partial charge in [-0.25, -0.2) is 4.79 Å². The van der Waals surface area contributed by atoms with Crippen LogP contribution in [0.15, 0.2) is 18.2 Å². The Morgan fingerprint density at radius 2 is 2.39 bits per heavy atom. The van der Waals surface area contributed by atoms with Gasteiger partial charge in [-0.2, -0.15) is 0 Å². The number of carbonyl (C=O) groups is 1. The number of hydrogen-bond acceptors (Lipinski definition) is 3. The molecule has 2 N–H and O–H groups in total. The fourth-order valence-electron chi connectivity index (χ4n) is 2.13. The molecule has 2 unspecified atom stereocenters. The van der Waals surface area contributed by atoms with Crippen molar-refractivity contribution in [2.45, 2.75) is 19.4 Å². The SMILES string of the molecule is CC1OCCC1CNc1cc(Cl)ccc1C(=O)O. The summed E-state index contributed by atoms with van der Waals surface area (Å²) in [7, 11) is 0. The Bertz CT molecular complexity index is 450. The fourth-order valence-corrected chi connectivity index (χ4v) is 2.31. The molecule has 0 spiro atoms. The van der Waals surface area contributed by atoms with Gasteiger partial charge in [0, 0.05) is 24.1 Å². The zero-order valence-electron chi connectivity index (χ0n) is 10.1. The second-order valence-corrected chi connectivity index (χ2v) is 4.94. The second-order valence-electron chi connectivity index (χ2n) is 4.50. The van der Waals surface area contributed by atoms with Crippen molar-refractivity contribution in [3.8, 4) is 0 Å². The molecule has 1 aromatic carbocycles. The van der Waals surface area contributed by atoms with Gasteiger partial charge in [0.15, 0.2) is 0 Å². The lowest BCUT2D eigenvalue weighted by molar-refractivity contribution is 0.0698. The van der Waals surface area contributed by atoms with Gasteiger partial charge in [-0.1, -0.05) is 11.6 Å². The number of hydrogen-bond donors (Lipinski definition) is 2. The Morgan fingerprint density at radius 3 is 3.00 bits per heavy atom. The van der Waals surface area contributed by atoms with E-state index in [4.69, 9.17) is 21.4 Å². The van der Waals surface area contributed by atoms with Crippen LogP contribution in [0, 0.1) is 5.92 Å². The summed E-state index contributed by atoms with van der Waals surface area (Å²) in [6, 6.07) is 4.74. The largest absolute Gasteiger partial charge is 0.478 e. The molecular weight excluding hydrogens is 254 g/mol. The number of ether oxygens (including phenoxy) is 1. The minimum atomic E-state index is -0.954. The van der Waals surface area contributed by atoms with E-state index in [1.54, 1.807) is 12.1 Å². The zero-order chi connectivity index (χ0) is 13.1. The van der Waals surface area contributed by atoms with Crippen molar-refractivity contribution in [2.24, 2.45) is 5.92 Å². The molecule has 0 saturated carbocycles. The highest BCUT2D eigenvalue weighted by Gasteiger charge is 2.24. The van der Waals surface area contributed by atoms with Crippen molar-refractivity contribution in [1.82, 2.24) is 0 Å². The number of anilines is 1. The molecule has 1 saturated heterocycles. The van der Waals surface area contributed by atoms with E-state index in [1.807, 2.05) is 6.92 Å². The maximum absolute atomic E-state index is 11.1. The highest BCUT2D eigenvalue weighted by atomic mass is 35.5. The molecule has 0 bridgehead atoms. The molecule has 5 heteroatoms. The van der Waals surface area contributed by atoms with E-state index in [9.17, 15) is 4.79 Å². The minimum absolute atomic E-state index is 0.213. The van der Waals surface area contributed by atoms with Gasteiger partial charge >= 0.3 is 5.97 Å². The first kappa shape index (κ1) is 13.2. The van der Waals surface area contributed by atoms with Gasteiger partial charge in [0.05, 0.1) is 17.4 Å². The number of benzene rings is 1. The lowest BCUT2D eigenvalue weighted by atomic mass is 10.0. The summed E-state index contributed by atoms with van der Waals surface area (Å²) in [4.78, 5) is 11.1. The predicted molar refractivity (Wildman–Crippen MR) is 70.4 cm³/mol. The Kier molecular flexibility index (Phi) is 4.09. The van der Waals surface area contributed by atoms with E-state index in [0.717, 1.165) is 13.0 Å². The number of nitrogens with one attached hydrogen (secondary N) is 1. The third kappa shape index (κ3) is 2.94. The van der Waals surface area contributed by atoms with Crippen LogP contribution in [0.2, 0.25) is 5.02 Å². The molecule has 18 heavy (non-hydrogen) atoms. The molecule has 0 radical (unpaired) electrons. The molecule has 98 valence electrons. The van der Waals surface area contributed by atoms with Crippen LogP contribution < -0.4 is 5.32 Å². The van der Waals surface area contributed by atoms with Gasteiger partial charge in [-0.3, -0.25) is 0 Å². The Hall–Kier alpha value is -1.26. The lowest BCUT2D eigenvalue weighted by Gasteiger charge is -2.16. The normalized spacial score (nSPS) is 23.0. The van der Waals surface area contributed by atoms with Crippen LogP contribution in [0.1, 0.15) is 23.7 Å². The summed E-state index contributed by atoms with van der Waals surface area (Å²) < 4.78 is 5.47. The van der Waals surface area contributed by atoms with Crippen LogP contribution in [-0.2, 0) is 4.74 Å². The highest BCUT2D eigenvalue weighted by molar-refractivity contribution is 6.31. The molecule has 1 fully saturated rings. The first-order valence-electron chi connectivity index (χ1n) is 5.96. The van der Waals surface area contributed by atoms with Gasteiger partial charge in [-0.15, -0.1) is 0 Å². The predicted octanol–water partition coefficient (Wildman–Crippen LogP) is 2.88. The van der Waals surface area contributed by atoms with Crippen molar-refractivity contribution in [2.75, 3.05) is 18.5 Å². The monoisotopic (exact) mass is 269 g/mol. The summed E-state index contributed by atoms with van der Waals surface area (Å²) in [5, 5.41) is 12.8. The lowest BCUT2D eigenvalue weighted by Crippen LogP contribution is -2.21. The molecule has 4 nitrogen and oxygen atoms in total. The topological polar surface area (TPSA) is 58.6 Å². The molecule has 1 aromatic rings. The van der Waals surface area contributed by atoms with Gasteiger partial charge in [-0.05, 0) is 31.5 Å². The summed E-state index contributed by atoms with van der Waals surface area (Å²) in [6.45, 7) is 3.51. The van der Waals surface area contributed by atoms with Crippen LogP contribution in [0.3, 0.4) is 0 Å². The second kappa shape index (κ2) is 5.59. The van der Waals surface area contributed by atoms with Crippen LogP contribution in [0.4, 0.5) is 5.69 Å². The van der Waals surface area contributed by atoms with Crippen LogP contribution in [-0.4, -0.2) is 30.3 Å². The van der Waals surface area contributed by atoms with E-state index in [-0.39, 0.29) is 11.7 Å². The average molecular weight is 270 g/mol. The molecule has 1 heterocycles. The van der Waals surface area contributed by atoms with Gasteiger partial charge in [0.2, 0.25) is 0 Å². The fraction of sp³-hybridized carbons (Fsp3) is 0.462. The quantitative estimate of drug-likeness (QED) is 0.882. The summed E-state index contributed by atoms with van der Waals surface area (Å²) >= 11 is 5.89. The molecule has 1 aliphatic heterocycles. The average Bonchev–Trinajstić information content (AvgIpc) is 2.72. The van der Waals surface area contributed by atoms with Crippen molar-refractivity contribution < 1.29 is 14.6 Å². The molecule has 0 amide bonds. The molecule has 2 rings (SSSR count). The van der Waals surface area contributed by atoms with Crippen molar-refractivity contribution >= 4 is 23.3 Å². The third-order valence-electron chi connectivity index (χ3n) is 3.30. The maximum Gasteiger partial charge on any atom is 0.337 e. The van der Waals surface area contributed by atoms with Crippen LogP contribution in [0.5, 0.6) is 0 Å². The summed E-state index contributed by atoms with van der Waals surface area (Å²) in [5.74, 6) is -0.546. The first-order chi connectivity index (χ1) is 8.58. The van der Waals surface area contributed by atoms with Gasteiger partial charge < -0.3 is 15.2 Å². The number of aromatic carboxylic acids is 1. The van der Waals surface area contributed by atoms with E-state index < -0.39 is 5.97 Å². The van der Waals surface area contributed by atoms with E-state index in [0.29, 0.717) is 23.2 Å². The molecule has 2 atom stereocenters. The Labute approximate surface area is 111 Å². The van der Waals surface area contributed by atoms with Crippen LogP contribution in [0.25, 0.3) is 0 Å². The molecule has 1 aliphatic rings. The van der Waals surface area contributed by atoms with Crippen molar-refractivity contribution in [3.63, 3.8) is 0 Å². The summed E-state index contributed by atoms with van der Waals surface area (Å²) in [5.41, 5.74) is 0.806. The van der Waals surface area contributed by atoms with E-state index >= 15 is 0 Å². The summed E-state index contributed by atoms with van der Waals surface area (Å²) in [6.07, 6.45) is 1.21. The smallest absolute Gasteiger partial charge is 0.337 e. The van der Waals surface area contributed by atoms with Crippen molar-refractivity contribution in [1.29, 1.82) is 0 Å². The van der Waals surface area contributed by atoms with Gasteiger partial charge in [0.1, 0.15) is 0 Å². The molecule has 0 aromatic heterocycles. The number of carboxylic acids is 1. The first-order valence-corrected chi connectivity index (χ1v) is 6.34. The number of rotatable bonds is 4. The number of halogens is 1. The van der Waals surface area contributed by atoms with Gasteiger partial charge in [0.25, 0.3) is 0 Å². The van der Waals surface area contributed by atoms with Crippen molar-refractivity contribution in [3.05, 3.63) is 28.8 Å². The Morgan fingerprint density at radius 1 is 1.61 bits per heavy atom. The maximum atomic E-state index is 11.1. The third-order valence-corrected chi connectivity index (χ3v) is 3.54. The minimum Gasteiger partial charge on any atom is -0.478 e. The van der Waals surface area contributed by atoms with E-state index in [2.05, 4.69) is 5.32 Å². The van der Waals surface area contributed by atoms with Crippen LogP contribution >= 0.6 is 11.6 Å². The highest BCUT2D eigenvalue weighted by Crippen LogP contribution is 2.24. The Balaban J connectivity index is 2.08. The zero-order valence-corrected chi connectivity index (χ0v) is 10.9.